The Morgan fingerprint density at radius 1 is 0.905 bits per heavy atom. The smallest absolute Gasteiger partial charge is 0.122 e. The van der Waals surface area contributed by atoms with Gasteiger partial charge in [-0.25, -0.2) is 0 Å². The van der Waals surface area contributed by atoms with E-state index in [0.717, 1.165) is 38.2 Å². The van der Waals surface area contributed by atoms with Gasteiger partial charge in [-0.05, 0) is 43.6 Å². The van der Waals surface area contributed by atoms with Gasteiger partial charge in [-0.1, -0.05) is 48.5 Å². The maximum absolute atomic E-state index is 5.93. The topological polar surface area (TPSA) is 21.3 Å². The molecule has 0 saturated heterocycles. The molecule has 0 atom stereocenters. The summed E-state index contributed by atoms with van der Waals surface area (Å²) in [6, 6.07) is 18.9. The van der Waals surface area contributed by atoms with Crippen LogP contribution < -0.4 is 10.1 Å². The van der Waals surface area contributed by atoms with E-state index in [-0.39, 0.29) is 12.4 Å². The Bertz CT molecular complexity index is 502. The lowest BCUT2D eigenvalue weighted by atomic mass is 10.0. The Labute approximate surface area is 133 Å². The second-order valence-corrected chi connectivity index (χ2v) is 4.93. The fourth-order valence-corrected chi connectivity index (χ4v) is 2.19. The largest absolute Gasteiger partial charge is 0.493 e. The molecule has 0 unspecified atom stereocenters. The first-order valence-electron chi connectivity index (χ1n) is 7.29. The van der Waals surface area contributed by atoms with Crippen LogP contribution in [0.5, 0.6) is 5.75 Å². The van der Waals surface area contributed by atoms with Gasteiger partial charge in [0.05, 0.1) is 6.61 Å². The van der Waals surface area contributed by atoms with Crippen LogP contribution in [0.4, 0.5) is 0 Å². The molecule has 1 N–H and O–H groups in total. The number of rotatable bonds is 8. The van der Waals surface area contributed by atoms with Crippen LogP contribution in [0.2, 0.25) is 0 Å². The molecular weight excluding hydrogens is 282 g/mol. The van der Waals surface area contributed by atoms with Crippen molar-refractivity contribution in [3.8, 4) is 5.75 Å². The van der Waals surface area contributed by atoms with Gasteiger partial charge >= 0.3 is 0 Å². The van der Waals surface area contributed by atoms with E-state index in [1.54, 1.807) is 0 Å². The van der Waals surface area contributed by atoms with Crippen LogP contribution in [-0.2, 0) is 6.42 Å². The van der Waals surface area contributed by atoms with Gasteiger partial charge in [-0.3, -0.25) is 0 Å². The molecule has 0 bridgehead atoms. The van der Waals surface area contributed by atoms with Crippen LogP contribution in [-0.4, -0.2) is 20.2 Å². The zero-order valence-electron chi connectivity index (χ0n) is 12.5. The lowest BCUT2D eigenvalue weighted by Gasteiger charge is -2.11. The van der Waals surface area contributed by atoms with E-state index in [4.69, 9.17) is 4.74 Å². The first-order valence-corrected chi connectivity index (χ1v) is 7.29. The third-order valence-electron chi connectivity index (χ3n) is 3.29. The van der Waals surface area contributed by atoms with E-state index >= 15 is 0 Å². The molecule has 0 aromatic heterocycles. The monoisotopic (exact) mass is 305 g/mol. The lowest BCUT2D eigenvalue weighted by molar-refractivity contribution is 0.304. The predicted octanol–water partition coefficient (Wildman–Crippen LogP) is 4.08. The van der Waals surface area contributed by atoms with Crippen LogP contribution in [0.15, 0.2) is 54.6 Å². The Morgan fingerprint density at radius 3 is 2.38 bits per heavy atom. The predicted molar refractivity (Wildman–Crippen MR) is 91.6 cm³/mol. The molecule has 2 nitrogen and oxygen atoms in total. The minimum atomic E-state index is 0. The summed E-state index contributed by atoms with van der Waals surface area (Å²) in [5.41, 5.74) is 2.58. The van der Waals surface area contributed by atoms with Crippen molar-refractivity contribution in [2.45, 2.75) is 19.3 Å². The minimum absolute atomic E-state index is 0. The summed E-state index contributed by atoms with van der Waals surface area (Å²) in [6.07, 6.45) is 3.16. The Kier molecular flexibility index (Phi) is 8.56. The molecule has 0 heterocycles. The van der Waals surface area contributed by atoms with Gasteiger partial charge in [0.15, 0.2) is 0 Å². The maximum atomic E-state index is 5.93. The highest BCUT2D eigenvalue weighted by Crippen LogP contribution is 2.21. The third kappa shape index (κ3) is 6.19. The molecule has 0 aliphatic heterocycles. The average Bonchev–Trinajstić information content (AvgIpc) is 2.50. The summed E-state index contributed by atoms with van der Waals surface area (Å²) in [7, 11) is 1.98. The molecule has 0 saturated carbocycles. The van der Waals surface area contributed by atoms with Crippen molar-refractivity contribution in [2.75, 3.05) is 20.2 Å². The third-order valence-corrected chi connectivity index (χ3v) is 3.29. The van der Waals surface area contributed by atoms with E-state index in [1.165, 1.54) is 11.1 Å². The summed E-state index contributed by atoms with van der Waals surface area (Å²) in [6.45, 7) is 1.84. The fourth-order valence-electron chi connectivity index (χ4n) is 2.19. The van der Waals surface area contributed by atoms with Gasteiger partial charge in [0.2, 0.25) is 0 Å². The standard InChI is InChI=1S/C18H23NO.ClH/c1-19-13-7-8-14-20-18-12-6-5-11-17(18)15-16-9-3-2-4-10-16;/h2-6,9-12,19H,7-8,13-15H2,1H3;1H. The van der Waals surface area contributed by atoms with Crippen molar-refractivity contribution in [3.05, 3.63) is 65.7 Å². The molecule has 0 aliphatic carbocycles. The number of hydrogen-bond acceptors (Lipinski definition) is 2. The summed E-state index contributed by atoms with van der Waals surface area (Å²) in [5.74, 6) is 1.01. The second-order valence-electron chi connectivity index (χ2n) is 4.93. The Morgan fingerprint density at radius 2 is 1.62 bits per heavy atom. The van der Waals surface area contributed by atoms with Crippen molar-refractivity contribution < 1.29 is 4.74 Å². The zero-order chi connectivity index (χ0) is 14.0. The van der Waals surface area contributed by atoms with Gasteiger partial charge in [-0.2, -0.15) is 0 Å². The first-order chi connectivity index (χ1) is 9.90. The van der Waals surface area contributed by atoms with Crippen molar-refractivity contribution in [3.63, 3.8) is 0 Å². The zero-order valence-corrected chi connectivity index (χ0v) is 13.4. The molecule has 0 fully saturated rings. The van der Waals surface area contributed by atoms with Gasteiger partial charge in [0.25, 0.3) is 0 Å². The van der Waals surface area contributed by atoms with Gasteiger partial charge in [0.1, 0.15) is 5.75 Å². The lowest BCUT2D eigenvalue weighted by Crippen LogP contribution is -2.09. The molecule has 114 valence electrons. The van der Waals surface area contributed by atoms with E-state index in [9.17, 15) is 0 Å². The van der Waals surface area contributed by atoms with Crippen LogP contribution in [0.1, 0.15) is 24.0 Å². The second kappa shape index (κ2) is 10.3. The maximum Gasteiger partial charge on any atom is 0.122 e. The van der Waals surface area contributed by atoms with Crippen LogP contribution in [0, 0.1) is 0 Å². The number of benzene rings is 2. The molecule has 21 heavy (non-hydrogen) atoms. The van der Waals surface area contributed by atoms with Crippen molar-refractivity contribution in [2.24, 2.45) is 0 Å². The van der Waals surface area contributed by atoms with Crippen molar-refractivity contribution in [1.82, 2.24) is 5.32 Å². The molecule has 2 aromatic rings. The number of unbranched alkanes of at least 4 members (excludes halogenated alkanes) is 1. The fraction of sp³-hybridized carbons (Fsp3) is 0.333. The highest BCUT2D eigenvalue weighted by Gasteiger charge is 2.03. The number of ether oxygens (including phenoxy) is 1. The number of hydrogen-bond donors (Lipinski definition) is 1. The van der Waals surface area contributed by atoms with E-state index < -0.39 is 0 Å². The molecule has 2 aromatic carbocycles. The van der Waals surface area contributed by atoms with Crippen molar-refractivity contribution >= 4 is 12.4 Å². The SMILES string of the molecule is CNCCCCOc1ccccc1Cc1ccccc1.Cl. The molecule has 2 rings (SSSR count). The summed E-state index contributed by atoms with van der Waals surface area (Å²) in [4.78, 5) is 0. The highest BCUT2D eigenvalue weighted by atomic mass is 35.5. The highest BCUT2D eigenvalue weighted by molar-refractivity contribution is 5.85. The summed E-state index contributed by atoms with van der Waals surface area (Å²) >= 11 is 0. The first kappa shape index (κ1) is 17.5. The minimum Gasteiger partial charge on any atom is -0.493 e. The van der Waals surface area contributed by atoms with Crippen LogP contribution in [0.3, 0.4) is 0 Å². The van der Waals surface area contributed by atoms with E-state index in [2.05, 4.69) is 47.8 Å². The van der Waals surface area contributed by atoms with Gasteiger partial charge < -0.3 is 10.1 Å². The van der Waals surface area contributed by atoms with Crippen molar-refractivity contribution in [1.29, 1.82) is 0 Å². The molecule has 0 spiro atoms. The Balaban J connectivity index is 0.00000220. The quantitative estimate of drug-likeness (QED) is 0.742. The Hall–Kier alpha value is -1.51. The van der Waals surface area contributed by atoms with Gasteiger partial charge in [-0.15, -0.1) is 12.4 Å². The average molecular weight is 306 g/mol. The molecule has 0 amide bonds. The van der Waals surface area contributed by atoms with E-state index in [0.29, 0.717) is 0 Å². The number of halogens is 1. The number of nitrogens with one attached hydrogen (secondary N) is 1. The normalized spacial score (nSPS) is 9.95. The van der Waals surface area contributed by atoms with E-state index in [1.807, 2.05) is 19.2 Å². The molecular formula is C18H24ClNO. The number of para-hydroxylation sites is 1. The van der Waals surface area contributed by atoms with Crippen LogP contribution >= 0.6 is 12.4 Å². The summed E-state index contributed by atoms with van der Waals surface area (Å²) in [5, 5.41) is 3.15. The van der Waals surface area contributed by atoms with Crippen LogP contribution in [0.25, 0.3) is 0 Å². The van der Waals surface area contributed by atoms with Gasteiger partial charge in [0, 0.05) is 6.42 Å². The molecule has 3 heteroatoms. The molecule has 0 radical (unpaired) electrons. The molecule has 0 aliphatic rings. The summed E-state index contributed by atoms with van der Waals surface area (Å²) < 4.78 is 5.93.